The molecule has 0 radical (unpaired) electrons. The molecule has 2 rings (SSSR count). The number of nitrogens with zero attached hydrogens (tertiary/aromatic N) is 1. The second-order valence-electron chi connectivity index (χ2n) is 4.93. The summed E-state index contributed by atoms with van der Waals surface area (Å²) in [6.07, 6.45) is 4.72. The average Bonchev–Trinajstić information content (AvgIpc) is 2.65. The number of fused-ring (bicyclic) bond motifs is 1. The molecule has 104 valence electrons. The van der Waals surface area contributed by atoms with Crippen LogP contribution >= 0.6 is 28.1 Å². The van der Waals surface area contributed by atoms with Crippen LogP contribution in [-0.2, 0) is 0 Å². The predicted octanol–water partition coefficient (Wildman–Crippen LogP) is 5.74. The van der Waals surface area contributed by atoms with Crippen molar-refractivity contribution in [3.8, 4) is 0 Å². The van der Waals surface area contributed by atoms with Crippen molar-refractivity contribution in [1.82, 2.24) is 9.55 Å². The first-order chi connectivity index (χ1) is 9.04. The summed E-state index contributed by atoms with van der Waals surface area (Å²) in [5, 5.41) is 0. The van der Waals surface area contributed by atoms with Crippen LogP contribution in [0.15, 0.2) is 16.6 Å². The number of imidazole rings is 1. The molecule has 19 heavy (non-hydrogen) atoms. The number of H-pyrrole nitrogens is 1. The molecular weight excluding hydrogens is 327 g/mol. The molecule has 1 atom stereocenters. The van der Waals surface area contributed by atoms with E-state index in [1.165, 1.54) is 25.3 Å². The summed E-state index contributed by atoms with van der Waals surface area (Å²) >= 11 is 8.60. The number of unbranched alkanes of at least 4 members (excludes halogenated alkanes) is 2. The Kier molecular flexibility index (Phi) is 4.79. The third kappa shape index (κ3) is 3.08. The number of rotatable bonds is 5. The van der Waals surface area contributed by atoms with E-state index < -0.39 is 0 Å². The van der Waals surface area contributed by atoms with Gasteiger partial charge in [0.2, 0.25) is 0 Å². The standard InChI is InChI=1S/C14H18BrFN2S/c1-3-4-5-6-9(2)18-13-7-10(15)11(16)8-12(13)17-14(18)19/h7-9H,3-6H2,1-2H3,(H,17,19). The number of hydrogen-bond acceptors (Lipinski definition) is 1. The molecule has 0 aliphatic rings. The van der Waals surface area contributed by atoms with Crippen molar-refractivity contribution in [3.05, 3.63) is 27.2 Å². The molecule has 0 saturated heterocycles. The van der Waals surface area contributed by atoms with E-state index in [0.29, 0.717) is 15.3 Å². The number of nitrogens with one attached hydrogen (secondary N) is 1. The fourth-order valence-corrected chi connectivity index (χ4v) is 3.10. The summed E-state index contributed by atoms with van der Waals surface area (Å²) < 4.78 is 16.8. The summed E-state index contributed by atoms with van der Waals surface area (Å²) in [7, 11) is 0. The first-order valence-electron chi connectivity index (χ1n) is 6.63. The highest BCUT2D eigenvalue weighted by atomic mass is 79.9. The van der Waals surface area contributed by atoms with Crippen molar-refractivity contribution in [2.24, 2.45) is 0 Å². The van der Waals surface area contributed by atoms with Gasteiger partial charge < -0.3 is 9.55 Å². The summed E-state index contributed by atoms with van der Waals surface area (Å²) in [5.41, 5.74) is 1.72. The topological polar surface area (TPSA) is 20.7 Å². The van der Waals surface area contributed by atoms with Crippen molar-refractivity contribution in [2.75, 3.05) is 0 Å². The van der Waals surface area contributed by atoms with E-state index in [-0.39, 0.29) is 5.82 Å². The Morgan fingerprint density at radius 1 is 1.42 bits per heavy atom. The number of benzene rings is 1. The van der Waals surface area contributed by atoms with Gasteiger partial charge in [0.05, 0.1) is 15.5 Å². The van der Waals surface area contributed by atoms with Crippen LogP contribution in [0.2, 0.25) is 0 Å². The van der Waals surface area contributed by atoms with E-state index in [9.17, 15) is 4.39 Å². The van der Waals surface area contributed by atoms with Crippen molar-refractivity contribution in [2.45, 2.75) is 45.6 Å². The van der Waals surface area contributed by atoms with Crippen LogP contribution in [0, 0.1) is 10.6 Å². The maximum Gasteiger partial charge on any atom is 0.178 e. The summed E-state index contributed by atoms with van der Waals surface area (Å²) in [4.78, 5) is 3.08. The van der Waals surface area contributed by atoms with Gasteiger partial charge in [-0.25, -0.2) is 4.39 Å². The van der Waals surface area contributed by atoms with Crippen molar-refractivity contribution < 1.29 is 4.39 Å². The molecule has 1 heterocycles. The molecule has 0 bridgehead atoms. The minimum Gasteiger partial charge on any atom is -0.330 e. The SMILES string of the molecule is CCCCCC(C)n1c(=S)[nH]c2cc(F)c(Br)cc21. The Balaban J connectivity index is 2.39. The number of halogens is 2. The highest BCUT2D eigenvalue weighted by Gasteiger charge is 2.13. The lowest BCUT2D eigenvalue weighted by atomic mass is 10.1. The lowest BCUT2D eigenvalue weighted by Gasteiger charge is -2.14. The second-order valence-corrected chi connectivity index (χ2v) is 6.17. The molecule has 0 saturated carbocycles. The largest absolute Gasteiger partial charge is 0.330 e. The van der Waals surface area contributed by atoms with Crippen LogP contribution < -0.4 is 0 Å². The molecule has 0 amide bonds. The molecule has 1 aromatic carbocycles. The Labute approximate surface area is 126 Å². The Morgan fingerprint density at radius 3 is 2.84 bits per heavy atom. The predicted molar refractivity (Wildman–Crippen MR) is 83.6 cm³/mol. The molecule has 1 N–H and O–H groups in total. The van der Waals surface area contributed by atoms with E-state index in [0.717, 1.165) is 17.5 Å². The monoisotopic (exact) mass is 344 g/mol. The summed E-state index contributed by atoms with van der Waals surface area (Å²) in [5.74, 6) is -0.269. The van der Waals surface area contributed by atoms with Crippen molar-refractivity contribution in [3.63, 3.8) is 0 Å². The van der Waals surface area contributed by atoms with Crippen LogP contribution in [-0.4, -0.2) is 9.55 Å². The molecule has 5 heteroatoms. The number of hydrogen-bond donors (Lipinski definition) is 1. The molecule has 2 aromatic rings. The van der Waals surface area contributed by atoms with E-state index in [4.69, 9.17) is 12.2 Å². The minimum absolute atomic E-state index is 0.269. The first kappa shape index (κ1) is 14.7. The highest BCUT2D eigenvalue weighted by Crippen LogP contribution is 2.27. The van der Waals surface area contributed by atoms with Gasteiger partial charge in [-0.2, -0.15) is 0 Å². The van der Waals surface area contributed by atoms with Crippen LogP contribution in [0.5, 0.6) is 0 Å². The van der Waals surface area contributed by atoms with Gasteiger partial charge in [-0.05, 0) is 47.6 Å². The first-order valence-corrected chi connectivity index (χ1v) is 7.84. The molecule has 1 unspecified atom stereocenters. The lowest BCUT2D eigenvalue weighted by Crippen LogP contribution is -2.05. The average molecular weight is 345 g/mol. The Hall–Kier alpha value is -0.680. The van der Waals surface area contributed by atoms with Gasteiger partial charge in [0, 0.05) is 12.1 Å². The van der Waals surface area contributed by atoms with E-state index in [1.54, 1.807) is 6.07 Å². The quantitative estimate of drug-likeness (QED) is 0.541. The van der Waals surface area contributed by atoms with Crippen molar-refractivity contribution >= 4 is 39.2 Å². The van der Waals surface area contributed by atoms with Crippen LogP contribution in [0.1, 0.15) is 45.6 Å². The molecule has 0 aliphatic heterocycles. The molecule has 0 fully saturated rings. The molecule has 1 aromatic heterocycles. The van der Waals surface area contributed by atoms with E-state index in [2.05, 4.69) is 39.3 Å². The van der Waals surface area contributed by atoms with Crippen LogP contribution in [0.3, 0.4) is 0 Å². The number of aromatic nitrogens is 2. The van der Waals surface area contributed by atoms with Crippen LogP contribution in [0.4, 0.5) is 4.39 Å². The zero-order valence-electron chi connectivity index (χ0n) is 11.2. The zero-order valence-corrected chi connectivity index (χ0v) is 13.6. The smallest absolute Gasteiger partial charge is 0.178 e. The van der Waals surface area contributed by atoms with E-state index >= 15 is 0 Å². The third-order valence-electron chi connectivity index (χ3n) is 3.42. The zero-order chi connectivity index (χ0) is 14.0. The normalized spacial score (nSPS) is 13.1. The van der Waals surface area contributed by atoms with Crippen LogP contribution in [0.25, 0.3) is 11.0 Å². The Morgan fingerprint density at radius 2 is 2.16 bits per heavy atom. The lowest BCUT2D eigenvalue weighted by molar-refractivity contribution is 0.483. The Bertz CT molecular complexity index is 632. The van der Waals surface area contributed by atoms with Gasteiger partial charge in [-0.15, -0.1) is 0 Å². The van der Waals surface area contributed by atoms with Gasteiger partial charge in [0.1, 0.15) is 5.82 Å². The molecule has 0 aliphatic carbocycles. The van der Waals surface area contributed by atoms with Gasteiger partial charge in [0.25, 0.3) is 0 Å². The maximum atomic E-state index is 13.5. The van der Waals surface area contributed by atoms with E-state index in [1.807, 2.05) is 0 Å². The summed E-state index contributed by atoms with van der Waals surface area (Å²) in [6, 6.07) is 3.61. The second kappa shape index (κ2) is 6.18. The van der Waals surface area contributed by atoms with Gasteiger partial charge in [-0.1, -0.05) is 26.2 Å². The summed E-state index contributed by atoms with van der Waals surface area (Å²) in [6.45, 7) is 4.36. The molecule has 2 nitrogen and oxygen atoms in total. The van der Waals surface area contributed by atoms with Gasteiger partial charge in [0.15, 0.2) is 4.77 Å². The third-order valence-corrected chi connectivity index (χ3v) is 4.33. The van der Waals surface area contributed by atoms with Gasteiger partial charge >= 0.3 is 0 Å². The van der Waals surface area contributed by atoms with Crippen molar-refractivity contribution in [1.29, 1.82) is 0 Å². The fraction of sp³-hybridized carbons (Fsp3) is 0.500. The number of aromatic amines is 1. The fourth-order valence-electron chi connectivity index (χ4n) is 2.38. The maximum absolute atomic E-state index is 13.5. The molecule has 0 spiro atoms. The molecular formula is C14H18BrFN2S. The highest BCUT2D eigenvalue weighted by molar-refractivity contribution is 9.10. The van der Waals surface area contributed by atoms with Gasteiger partial charge in [-0.3, -0.25) is 0 Å². The minimum atomic E-state index is -0.269.